The first-order chi connectivity index (χ1) is 24.8. The Morgan fingerprint density at radius 2 is 1.56 bits per heavy atom. The summed E-state index contributed by atoms with van der Waals surface area (Å²) in [5.74, 6) is -0.354. The number of likely N-dealkylation sites (N-methyl/N-ethyl adjacent to an activating group) is 1. The number of aldehydes is 1. The Labute approximate surface area is 306 Å². The van der Waals surface area contributed by atoms with Gasteiger partial charge in [0.2, 0.25) is 6.29 Å². The number of nitrogens with zero attached hydrogens (tertiary/aromatic N) is 1. The molecule has 1 saturated heterocycles. The molecule has 0 radical (unpaired) electrons. The highest BCUT2D eigenvalue weighted by atomic mass is 19.4. The number of phenols is 1. The Morgan fingerprint density at radius 1 is 1.00 bits per heavy atom. The lowest BCUT2D eigenvalue weighted by molar-refractivity contribution is -0.175. The highest BCUT2D eigenvalue weighted by Gasteiger charge is 2.72. The monoisotopic (exact) mass is 737 g/mol. The molecule has 4 aliphatic rings. The predicted molar refractivity (Wildman–Crippen MR) is 190 cm³/mol. The van der Waals surface area contributed by atoms with E-state index in [0.717, 1.165) is 36.9 Å². The molecule has 5 atom stereocenters. The number of likely N-dealkylation sites (tertiary alicyclic amines) is 1. The van der Waals surface area contributed by atoms with Crippen LogP contribution >= 0.6 is 0 Å². The fourth-order valence-corrected chi connectivity index (χ4v) is 8.58. The van der Waals surface area contributed by atoms with Crippen LogP contribution in [0, 0.1) is 0 Å². The van der Waals surface area contributed by atoms with E-state index >= 15 is 0 Å². The molecule has 1 aromatic carbocycles. The number of piperidine rings is 1. The van der Waals surface area contributed by atoms with Crippen LogP contribution in [-0.4, -0.2) is 77.0 Å². The van der Waals surface area contributed by atoms with Crippen LogP contribution < -0.4 is 4.74 Å². The summed E-state index contributed by atoms with van der Waals surface area (Å²) >= 11 is 0. The van der Waals surface area contributed by atoms with Gasteiger partial charge in [-0.05, 0) is 57.5 Å². The summed E-state index contributed by atoms with van der Waals surface area (Å²) in [6.45, 7) is 4.54. The molecule has 0 amide bonds. The third-order valence-corrected chi connectivity index (χ3v) is 11.3. The van der Waals surface area contributed by atoms with Crippen molar-refractivity contribution in [1.82, 2.24) is 4.90 Å². The quantitative estimate of drug-likeness (QED) is 0.0823. The first-order valence-corrected chi connectivity index (χ1v) is 19.4. The van der Waals surface area contributed by atoms with E-state index in [2.05, 4.69) is 11.8 Å². The molecule has 0 unspecified atom stereocenters. The van der Waals surface area contributed by atoms with Crippen LogP contribution in [-0.2, 0) is 35.7 Å². The molecule has 1 spiro atoms. The maximum atomic E-state index is 13.1. The van der Waals surface area contributed by atoms with Gasteiger partial charge < -0.3 is 29.3 Å². The van der Waals surface area contributed by atoms with Crippen molar-refractivity contribution in [3.63, 3.8) is 0 Å². The van der Waals surface area contributed by atoms with E-state index in [1.54, 1.807) is 12.1 Å². The van der Waals surface area contributed by atoms with E-state index in [1.807, 2.05) is 13.1 Å². The number of ether oxygens (including phenoxy) is 3. The summed E-state index contributed by atoms with van der Waals surface area (Å²) in [5, 5.41) is 22.9. The second-order valence-corrected chi connectivity index (χ2v) is 15.0. The number of carbonyl (C=O) groups is 3. The van der Waals surface area contributed by atoms with E-state index in [1.165, 1.54) is 84.0 Å². The maximum absolute atomic E-state index is 13.1. The Hall–Kier alpha value is -3.12. The standard InChI is InChI=1S/C38H57NO7.C2HF3O/c1-4-5-6-7-8-9-10-11-12-13-14-15-16-17-18-19-32(41)44-27(2)36(42)45-30-22-23-38(43)31-26-28-20-21-29(40)34-33(28)37(38,35(30)46-34)24-25-39(31)3;3-2(4,5)1-6/h20-22,27,31,35,40,43H,4-19,23-26H2,1-3H3;1H/t27-,31+,35-,37-,38+;/m0./s1. The van der Waals surface area contributed by atoms with E-state index in [-0.39, 0.29) is 18.2 Å². The summed E-state index contributed by atoms with van der Waals surface area (Å²) in [6.07, 6.45) is 15.0. The molecule has 2 aliphatic carbocycles. The van der Waals surface area contributed by atoms with Crippen LogP contribution in [0.15, 0.2) is 24.0 Å². The third-order valence-electron chi connectivity index (χ3n) is 11.3. The fraction of sp³-hybridized carbons (Fsp3) is 0.725. The predicted octanol–water partition coefficient (Wildman–Crippen LogP) is 8.15. The summed E-state index contributed by atoms with van der Waals surface area (Å²) < 4.78 is 48.9. The largest absolute Gasteiger partial charge is 0.504 e. The average Bonchev–Trinajstić information content (AvgIpc) is 3.47. The third kappa shape index (κ3) is 9.70. The van der Waals surface area contributed by atoms with Crippen molar-refractivity contribution in [3.8, 4) is 11.5 Å². The molecule has 5 rings (SSSR count). The second kappa shape index (κ2) is 18.8. The van der Waals surface area contributed by atoms with Crippen LogP contribution in [0.5, 0.6) is 11.5 Å². The molecule has 1 fully saturated rings. The first kappa shape index (κ1) is 41.6. The van der Waals surface area contributed by atoms with Gasteiger partial charge in [-0.25, -0.2) is 4.79 Å². The van der Waals surface area contributed by atoms with Gasteiger partial charge in [0, 0.05) is 24.4 Å². The van der Waals surface area contributed by atoms with Crippen molar-refractivity contribution in [1.29, 1.82) is 0 Å². The summed E-state index contributed by atoms with van der Waals surface area (Å²) in [7, 11) is 2.03. The zero-order chi connectivity index (χ0) is 37.9. The Bertz CT molecular complexity index is 1400. The summed E-state index contributed by atoms with van der Waals surface area (Å²) in [5.41, 5.74) is -0.0686. The Balaban J connectivity index is 0.000000929. The number of hydrogen-bond acceptors (Lipinski definition) is 9. The first-order valence-electron chi connectivity index (χ1n) is 19.4. The van der Waals surface area contributed by atoms with E-state index in [4.69, 9.17) is 19.0 Å². The molecular weight excluding hydrogens is 679 g/mol. The molecule has 52 heavy (non-hydrogen) atoms. The van der Waals surface area contributed by atoms with E-state index < -0.39 is 47.6 Å². The Morgan fingerprint density at radius 3 is 2.12 bits per heavy atom. The van der Waals surface area contributed by atoms with Crippen LogP contribution in [0.25, 0.3) is 0 Å². The number of carbonyl (C=O) groups excluding carboxylic acids is 3. The van der Waals surface area contributed by atoms with Crippen molar-refractivity contribution in [2.75, 3.05) is 13.6 Å². The number of halogens is 3. The van der Waals surface area contributed by atoms with E-state index in [0.29, 0.717) is 30.8 Å². The highest BCUT2D eigenvalue weighted by molar-refractivity contribution is 5.80. The number of aromatic hydroxyl groups is 1. The van der Waals surface area contributed by atoms with Gasteiger partial charge in [-0.2, -0.15) is 13.2 Å². The zero-order valence-electron chi connectivity index (χ0n) is 31.1. The van der Waals surface area contributed by atoms with Crippen LogP contribution in [0.2, 0.25) is 0 Å². The molecule has 0 saturated carbocycles. The topological polar surface area (TPSA) is 123 Å². The maximum Gasteiger partial charge on any atom is 0.446 e. The Kier molecular flexibility index (Phi) is 15.0. The lowest BCUT2D eigenvalue weighted by Gasteiger charge is -2.61. The zero-order valence-corrected chi connectivity index (χ0v) is 31.1. The molecule has 2 aliphatic heterocycles. The van der Waals surface area contributed by atoms with Gasteiger partial charge >= 0.3 is 18.1 Å². The van der Waals surface area contributed by atoms with Gasteiger partial charge in [0.15, 0.2) is 23.7 Å². The number of esters is 2. The normalized spacial score (nSPS) is 24.8. The second-order valence-electron chi connectivity index (χ2n) is 15.0. The fourth-order valence-electron chi connectivity index (χ4n) is 8.58. The number of benzene rings is 1. The molecule has 292 valence electrons. The van der Waals surface area contributed by atoms with E-state index in [9.17, 15) is 33.0 Å². The molecule has 12 heteroatoms. The molecule has 1 aromatic rings. The van der Waals surface area contributed by atoms with Gasteiger partial charge in [0.25, 0.3) is 0 Å². The number of unbranched alkanes of at least 4 members (excludes halogenated alkanes) is 14. The molecule has 9 nitrogen and oxygen atoms in total. The minimum atomic E-state index is -4.64. The van der Waals surface area contributed by atoms with Crippen LogP contribution in [0.1, 0.15) is 141 Å². The number of alkyl halides is 3. The van der Waals surface area contributed by atoms with Crippen LogP contribution in [0.4, 0.5) is 13.2 Å². The lowest BCUT2D eigenvalue weighted by atomic mass is 9.50. The number of phenolic OH excluding ortho intramolecular Hbond substituents is 1. The van der Waals surface area contributed by atoms with Crippen molar-refractivity contribution < 1.29 is 52.0 Å². The van der Waals surface area contributed by atoms with Crippen molar-refractivity contribution in [2.24, 2.45) is 0 Å². The average molecular weight is 738 g/mol. The summed E-state index contributed by atoms with van der Waals surface area (Å²) in [4.78, 5) is 36.6. The van der Waals surface area contributed by atoms with Gasteiger partial charge in [-0.3, -0.25) is 9.59 Å². The molecule has 2 heterocycles. The minimum absolute atomic E-state index is 0.0223. The molecule has 2 N–H and O–H groups in total. The van der Waals surface area contributed by atoms with Crippen molar-refractivity contribution >= 4 is 18.2 Å². The van der Waals surface area contributed by atoms with Gasteiger partial charge in [-0.1, -0.05) is 103 Å². The highest BCUT2D eigenvalue weighted by Crippen LogP contribution is 2.65. The van der Waals surface area contributed by atoms with Gasteiger partial charge in [0.1, 0.15) is 5.76 Å². The lowest BCUT2D eigenvalue weighted by Crippen LogP contribution is -2.74. The smallest absolute Gasteiger partial charge is 0.446 e. The molecular formula is C40H58F3NO8. The summed E-state index contributed by atoms with van der Waals surface area (Å²) in [6, 6.07) is 3.43. The van der Waals surface area contributed by atoms with Gasteiger partial charge in [0.05, 0.1) is 11.0 Å². The van der Waals surface area contributed by atoms with Gasteiger partial charge in [-0.15, -0.1) is 0 Å². The van der Waals surface area contributed by atoms with Crippen molar-refractivity contribution in [3.05, 3.63) is 35.1 Å². The minimum Gasteiger partial charge on any atom is -0.504 e. The molecule has 0 aromatic heterocycles. The number of aliphatic hydroxyl groups is 1. The number of hydrogen-bond donors (Lipinski definition) is 2. The SMILES string of the molecule is CCCCCCCCCCCCCCCCCC(=O)O[C@@H](C)C(=O)OC1=CC[C@@]2(O)[C@H]3Cc4ccc(O)c5c4[C@@]2(CCN3C)[C@H]1O5.O=CC(F)(F)F. The van der Waals surface area contributed by atoms with Crippen LogP contribution in [0.3, 0.4) is 0 Å². The van der Waals surface area contributed by atoms with Crippen molar-refractivity contribution in [2.45, 2.75) is 171 Å². The molecule has 2 bridgehead atoms. The number of rotatable bonds is 19.